The van der Waals surface area contributed by atoms with E-state index in [2.05, 4.69) is 25.3 Å². The number of aryl methyl sites for hydroxylation is 1. The molecule has 118 valence electrons. The summed E-state index contributed by atoms with van der Waals surface area (Å²) in [5.41, 5.74) is 9.45. The topological polar surface area (TPSA) is 94.5 Å². The summed E-state index contributed by atoms with van der Waals surface area (Å²) in [6.07, 6.45) is 3.18. The van der Waals surface area contributed by atoms with Gasteiger partial charge < -0.3 is 11.1 Å². The number of imidazole rings is 1. The van der Waals surface area contributed by atoms with Crippen molar-refractivity contribution in [2.24, 2.45) is 0 Å². The van der Waals surface area contributed by atoms with Crippen LogP contribution < -0.4 is 11.1 Å². The van der Waals surface area contributed by atoms with Crippen molar-refractivity contribution < 1.29 is 0 Å². The Hall–Kier alpha value is -3.48. The van der Waals surface area contributed by atoms with Crippen molar-refractivity contribution in [3.63, 3.8) is 0 Å². The first kappa shape index (κ1) is 14.1. The molecule has 0 saturated carbocycles. The third kappa shape index (κ3) is 2.41. The second-order valence-corrected chi connectivity index (χ2v) is 5.35. The third-order valence-electron chi connectivity index (χ3n) is 3.68. The molecule has 7 heteroatoms. The number of hydrogen-bond acceptors (Lipinski definition) is 6. The van der Waals surface area contributed by atoms with Gasteiger partial charge in [0.1, 0.15) is 24.2 Å². The fourth-order valence-electron chi connectivity index (χ4n) is 2.54. The van der Waals surface area contributed by atoms with Gasteiger partial charge in [0, 0.05) is 5.69 Å². The van der Waals surface area contributed by atoms with E-state index in [1.54, 1.807) is 6.33 Å². The highest BCUT2D eigenvalue weighted by Crippen LogP contribution is 2.26. The molecule has 3 aromatic heterocycles. The Morgan fingerprint density at radius 3 is 2.75 bits per heavy atom. The summed E-state index contributed by atoms with van der Waals surface area (Å²) >= 11 is 0. The van der Waals surface area contributed by atoms with E-state index in [0.717, 1.165) is 16.7 Å². The number of hydrogen-bond donors (Lipinski definition) is 2. The van der Waals surface area contributed by atoms with E-state index in [0.29, 0.717) is 23.1 Å². The average molecular weight is 317 g/mol. The van der Waals surface area contributed by atoms with Crippen LogP contribution in [0.25, 0.3) is 16.9 Å². The minimum absolute atomic E-state index is 0.434. The standard InChI is InChI=1S/C17H15N7/c1-11-5-4-8-14(22-11)23-16-15(18)17(20-9-19-16)24-10-21-12-6-2-3-7-13(12)24/h2-10H,18H2,1H3,(H,19,20,22,23). The number of para-hydroxylation sites is 2. The van der Waals surface area contributed by atoms with E-state index in [4.69, 9.17) is 5.73 Å². The Morgan fingerprint density at radius 2 is 1.88 bits per heavy atom. The first-order valence-corrected chi connectivity index (χ1v) is 7.46. The number of aromatic nitrogens is 5. The van der Waals surface area contributed by atoms with Crippen molar-refractivity contribution in [2.75, 3.05) is 11.1 Å². The number of benzene rings is 1. The highest BCUT2D eigenvalue weighted by atomic mass is 15.2. The SMILES string of the molecule is Cc1cccc(Nc2ncnc(-n3cnc4ccccc43)c2N)n1. The van der Waals surface area contributed by atoms with Gasteiger partial charge >= 0.3 is 0 Å². The van der Waals surface area contributed by atoms with Gasteiger partial charge in [-0.25, -0.2) is 19.9 Å². The Morgan fingerprint density at radius 1 is 1.00 bits per heavy atom. The number of anilines is 3. The number of pyridine rings is 1. The van der Waals surface area contributed by atoms with Crippen molar-refractivity contribution in [1.29, 1.82) is 0 Å². The van der Waals surface area contributed by atoms with Crippen LogP contribution in [0.3, 0.4) is 0 Å². The quantitative estimate of drug-likeness (QED) is 0.603. The molecule has 0 fully saturated rings. The van der Waals surface area contributed by atoms with Crippen molar-refractivity contribution in [2.45, 2.75) is 6.92 Å². The lowest BCUT2D eigenvalue weighted by molar-refractivity contribution is 1.00. The second-order valence-electron chi connectivity index (χ2n) is 5.35. The Labute approximate surface area is 138 Å². The highest BCUT2D eigenvalue weighted by molar-refractivity contribution is 5.80. The zero-order valence-electron chi connectivity index (χ0n) is 13.0. The average Bonchev–Trinajstić information content (AvgIpc) is 3.01. The summed E-state index contributed by atoms with van der Waals surface area (Å²) < 4.78 is 1.85. The Balaban J connectivity index is 1.78. The fourth-order valence-corrected chi connectivity index (χ4v) is 2.54. The van der Waals surface area contributed by atoms with Crippen LogP contribution in [0.2, 0.25) is 0 Å². The first-order chi connectivity index (χ1) is 11.7. The number of fused-ring (bicyclic) bond motifs is 1. The lowest BCUT2D eigenvalue weighted by Crippen LogP contribution is -2.07. The van der Waals surface area contributed by atoms with Crippen molar-refractivity contribution in [1.82, 2.24) is 24.5 Å². The van der Waals surface area contributed by atoms with Crippen molar-refractivity contribution >= 4 is 28.4 Å². The van der Waals surface area contributed by atoms with Gasteiger partial charge in [0.25, 0.3) is 0 Å². The van der Waals surface area contributed by atoms with Gasteiger partial charge in [-0.2, -0.15) is 0 Å². The largest absolute Gasteiger partial charge is 0.393 e. The number of rotatable bonds is 3. The Bertz CT molecular complexity index is 1020. The molecule has 0 spiro atoms. The van der Waals surface area contributed by atoms with Crippen LogP contribution in [0, 0.1) is 6.92 Å². The molecule has 4 rings (SSSR count). The molecule has 1 aromatic carbocycles. The smallest absolute Gasteiger partial charge is 0.167 e. The van der Waals surface area contributed by atoms with Crippen LogP contribution in [0.15, 0.2) is 55.1 Å². The number of nitrogens with zero attached hydrogens (tertiary/aromatic N) is 5. The van der Waals surface area contributed by atoms with E-state index in [9.17, 15) is 0 Å². The van der Waals surface area contributed by atoms with E-state index in [-0.39, 0.29) is 0 Å². The van der Waals surface area contributed by atoms with E-state index in [1.807, 2.05) is 54.0 Å². The molecule has 3 N–H and O–H groups in total. The van der Waals surface area contributed by atoms with Gasteiger partial charge in [-0.3, -0.25) is 4.57 Å². The fraction of sp³-hybridized carbons (Fsp3) is 0.0588. The molecule has 0 amide bonds. The predicted octanol–water partition coefficient (Wildman–Crippen LogP) is 2.84. The monoisotopic (exact) mass is 317 g/mol. The molecule has 24 heavy (non-hydrogen) atoms. The maximum absolute atomic E-state index is 6.29. The van der Waals surface area contributed by atoms with E-state index >= 15 is 0 Å². The zero-order valence-corrected chi connectivity index (χ0v) is 13.0. The number of nitrogen functional groups attached to an aromatic ring is 1. The predicted molar refractivity (Wildman–Crippen MR) is 93.3 cm³/mol. The van der Waals surface area contributed by atoms with Crippen LogP contribution in [0.5, 0.6) is 0 Å². The molecular weight excluding hydrogens is 302 g/mol. The zero-order chi connectivity index (χ0) is 16.5. The normalized spacial score (nSPS) is 10.9. The molecule has 0 aliphatic rings. The Kier molecular flexibility index (Phi) is 3.31. The molecule has 0 radical (unpaired) electrons. The van der Waals surface area contributed by atoms with Crippen molar-refractivity contribution in [3.05, 3.63) is 60.8 Å². The maximum Gasteiger partial charge on any atom is 0.167 e. The molecule has 0 aliphatic heterocycles. The summed E-state index contributed by atoms with van der Waals surface area (Å²) in [4.78, 5) is 17.3. The minimum atomic E-state index is 0.434. The van der Waals surface area contributed by atoms with Crippen LogP contribution >= 0.6 is 0 Å². The maximum atomic E-state index is 6.29. The van der Waals surface area contributed by atoms with Crippen LogP contribution in [-0.2, 0) is 0 Å². The minimum Gasteiger partial charge on any atom is -0.393 e. The lowest BCUT2D eigenvalue weighted by Gasteiger charge is -2.11. The summed E-state index contributed by atoms with van der Waals surface area (Å²) in [6, 6.07) is 13.5. The molecule has 4 aromatic rings. The number of nitrogens with one attached hydrogen (secondary N) is 1. The second kappa shape index (κ2) is 5.62. The molecular formula is C17H15N7. The summed E-state index contributed by atoms with van der Waals surface area (Å²) in [6.45, 7) is 1.93. The summed E-state index contributed by atoms with van der Waals surface area (Å²) in [5.74, 6) is 1.77. The molecule has 7 nitrogen and oxygen atoms in total. The van der Waals surface area contributed by atoms with Crippen LogP contribution in [0.1, 0.15) is 5.69 Å². The summed E-state index contributed by atoms with van der Waals surface area (Å²) in [5, 5.41) is 3.14. The molecule has 0 saturated heterocycles. The molecule has 0 atom stereocenters. The molecule has 0 bridgehead atoms. The van der Waals surface area contributed by atoms with Gasteiger partial charge in [0.05, 0.1) is 11.0 Å². The van der Waals surface area contributed by atoms with Gasteiger partial charge in [-0.1, -0.05) is 18.2 Å². The van der Waals surface area contributed by atoms with Crippen molar-refractivity contribution in [3.8, 4) is 5.82 Å². The van der Waals surface area contributed by atoms with Crippen LogP contribution in [0.4, 0.5) is 17.3 Å². The van der Waals surface area contributed by atoms with Gasteiger partial charge in [-0.15, -0.1) is 0 Å². The van der Waals surface area contributed by atoms with Crippen LogP contribution in [-0.4, -0.2) is 24.5 Å². The van der Waals surface area contributed by atoms with E-state index < -0.39 is 0 Å². The molecule has 3 heterocycles. The van der Waals surface area contributed by atoms with Gasteiger partial charge in [-0.05, 0) is 31.2 Å². The molecule has 0 aliphatic carbocycles. The van der Waals surface area contributed by atoms with Gasteiger partial charge in [0.2, 0.25) is 0 Å². The first-order valence-electron chi connectivity index (χ1n) is 7.46. The summed E-state index contributed by atoms with van der Waals surface area (Å²) in [7, 11) is 0. The lowest BCUT2D eigenvalue weighted by atomic mass is 10.3. The third-order valence-corrected chi connectivity index (χ3v) is 3.68. The highest BCUT2D eigenvalue weighted by Gasteiger charge is 2.13. The molecule has 0 unspecified atom stereocenters. The van der Waals surface area contributed by atoms with Gasteiger partial charge in [0.15, 0.2) is 11.6 Å². The van der Waals surface area contributed by atoms with E-state index in [1.165, 1.54) is 6.33 Å². The number of nitrogens with two attached hydrogens (primary N) is 1.